The van der Waals surface area contributed by atoms with Crippen molar-refractivity contribution >= 4 is 35.1 Å². The summed E-state index contributed by atoms with van der Waals surface area (Å²) in [6, 6.07) is 1.26. The van der Waals surface area contributed by atoms with E-state index in [0.29, 0.717) is 0 Å². The van der Waals surface area contributed by atoms with Crippen LogP contribution in [0.1, 0.15) is 24.2 Å². The van der Waals surface area contributed by atoms with E-state index < -0.39 is 17.4 Å². The molecule has 0 aliphatic rings. The number of halogens is 2. The van der Waals surface area contributed by atoms with Gasteiger partial charge in [0.2, 0.25) is 0 Å². The van der Waals surface area contributed by atoms with Gasteiger partial charge in [-0.25, -0.2) is 4.79 Å². The number of hydrogen-bond acceptors (Lipinski definition) is 5. The minimum absolute atomic E-state index is 0.0282. The van der Waals surface area contributed by atoms with Crippen molar-refractivity contribution in [2.75, 3.05) is 7.11 Å². The molecule has 18 heavy (non-hydrogen) atoms. The van der Waals surface area contributed by atoms with Crippen molar-refractivity contribution in [3.63, 3.8) is 0 Å². The van der Waals surface area contributed by atoms with Crippen molar-refractivity contribution in [3.8, 4) is 0 Å². The van der Waals surface area contributed by atoms with Crippen molar-refractivity contribution in [1.82, 2.24) is 15.5 Å². The van der Waals surface area contributed by atoms with E-state index in [2.05, 4.69) is 20.3 Å². The summed E-state index contributed by atoms with van der Waals surface area (Å²) in [4.78, 5) is 23.4. The number of hydrogen-bond donors (Lipinski definition) is 1. The molecular formula is C10H11Cl2N3O3. The summed E-state index contributed by atoms with van der Waals surface area (Å²) in [5.74, 6) is -1.17. The largest absolute Gasteiger partial charge is 0.467 e. The minimum Gasteiger partial charge on any atom is -0.467 e. The smallest absolute Gasteiger partial charge is 0.330 e. The van der Waals surface area contributed by atoms with Crippen LogP contribution in [0, 0.1) is 0 Å². The highest BCUT2D eigenvalue weighted by molar-refractivity contribution is 6.34. The Morgan fingerprint density at radius 1 is 1.33 bits per heavy atom. The Morgan fingerprint density at radius 2 is 1.94 bits per heavy atom. The van der Waals surface area contributed by atoms with Gasteiger partial charge in [0.25, 0.3) is 5.91 Å². The van der Waals surface area contributed by atoms with E-state index in [9.17, 15) is 9.59 Å². The molecule has 0 spiro atoms. The molecule has 0 aliphatic carbocycles. The van der Waals surface area contributed by atoms with Crippen LogP contribution in [0.5, 0.6) is 0 Å². The molecule has 98 valence electrons. The molecule has 1 N–H and O–H groups in total. The summed E-state index contributed by atoms with van der Waals surface area (Å²) in [6.45, 7) is 3.00. The fourth-order valence-electron chi connectivity index (χ4n) is 1.17. The Kier molecular flexibility index (Phi) is 4.48. The van der Waals surface area contributed by atoms with Gasteiger partial charge in [0.05, 0.1) is 12.7 Å². The molecule has 1 heterocycles. The van der Waals surface area contributed by atoms with Crippen LogP contribution in [0.25, 0.3) is 0 Å². The van der Waals surface area contributed by atoms with Crippen LogP contribution in [-0.4, -0.2) is 34.7 Å². The Balaban J connectivity index is 2.95. The van der Waals surface area contributed by atoms with Gasteiger partial charge in [-0.1, -0.05) is 23.2 Å². The van der Waals surface area contributed by atoms with Gasteiger partial charge in [0.15, 0.2) is 10.3 Å². The number of ether oxygens (including phenoxy) is 1. The van der Waals surface area contributed by atoms with Crippen molar-refractivity contribution in [2.45, 2.75) is 19.4 Å². The van der Waals surface area contributed by atoms with Gasteiger partial charge in [0.1, 0.15) is 5.54 Å². The highest BCUT2D eigenvalue weighted by atomic mass is 35.5. The first-order chi connectivity index (χ1) is 8.27. The van der Waals surface area contributed by atoms with E-state index in [-0.39, 0.29) is 15.9 Å². The lowest BCUT2D eigenvalue weighted by molar-refractivity contribution is -0.146. The van der Waals surface area contributed by atoms with Gasteiger partial charge in [-0.2, -0.15) is 0 Å². The summed E-state index contributed by atoms with van der Waals surface area (Å²) in [5, 5.41) is 9.38. The Bertz CT molecular complexity index is 491. The van der Waals surface area contributed by atoms with Crippen molar-refractivity contribution in [2.24, 2.45) is 0 Å². The first kappa shape index (κ1) is 14.7. The molecule has 0 saturated heterocycles. The standard InChI is InChI=1S/C10H11Cl2N3O3/c1-10(2,9(17)18-3)13-8(16)5-4-6(11)14-15-7(5)12/h4H,1-3H3,(H,13,16). The zero-order chi connectivity index (χ0) is 13.9. The maximum Gasteiger partial charge on any atom is 0.330 e. The summed E-state index contributed by atoms with van der Waals surface area (Å²) in [7, 11) is 1.23. The SMILES string of the molecule is COC(=O)C(C)(C)NC(=O)c1cc(Cl)nnc1Cl. The molecule has 0 bridgehead atoms. The molecule has 1 amide bonds. The molecule has 0 saturated carbocycles. The Labute approximate surface area is 114 Å². The fourth-order valence-corrected chi connectivity index (χ4v) is 1.49. The van der Waals surface area contributed by atoms with Crippen LogP contribution in [0.4, 0.5) is 0 Å². The number of nitrogens with zero attached hydrogens (tertiary/aromatic N) is 2. The molecule has 6 nitrogen and oxygen atoms in total. The zero-order valence-corrected chi connectivity index (χ0v) is 11.5. The second-order valence-corrected chi connectivity index (χ2v) is 4.69. The average molecular weight is 292 g/mol. The molecule has 8 heteroatoms. The third-order valence-corrected chi connectivity index (χ3v) is 2.55. The molecule has 0 aromatic carbocycles. The summed E-state index contributed by atoms with van der Waals surface area (Å²) in [5.41, 5.74) is -1.15. The molecule has 0 unspecified atom stereocenters. The van der Waals surface area contributed by atoms with Gasteiger partial charge in [-0.3, -0.25) is 4.79 Å². The number of aromatic nitrogens is 2. The molecule has 1 aromatic heterocycles. The number of nitrogens with one attached hydrogen (secondary N) is 1. The van der Waals surface area contributed by atoms with Crippen LogP contribution in [-0.2, 0) is 9.53 Å². The normalized spacial score (nSPS) is 10.9. The van der Waals surface area contributed by atoms with E-state index in [1.54, 1.807) is 0 Å². The number of esters is 1. The number of methoxy groups -OCH3 is 1. The number of rotatable bonds is 3. The first-order valence-electron chi connectivity index (χ1n) is 4.87. The molecule has 1 rings (SSSR count). The Morgan fingerprint density at radius 3 is 2.50 bits per heavy atom. The lowest BCUT2D eigenvalue weighted by atomic mass is 10.1. The maximum atomic E-state index is 11.9. The second kappa shape index (κ2) is 5.49. The lowest BCUT2D eigenvalue weighted by Gasteiger charge is -2.23. The third kappa shape index (κ3) is 3.30. The number of carbonyl (C=O) groups is 2. The van der Waals surface area contributed by atoms with Gasteiger partial charge >= 0.3 is 5.97 Å². The van der Waals surface area contributed by atoms with Crippen LogP contribution in [0.15, 0.2) is 6.07 Å². The van der Waals surface area contributed by atoms with Gasteiger partial charge < -0.3 is 10.1 Å². The van der Waals surface area contributed by atoms with Gasteiger partial charge in [0, 0.05) is 0 Å². The highest BCUT2D eigenvalue weighted by Gasteiger charge is 2.31. The molecule has 1 aromatic rings. The number of carbonyl (C=O) groups excluding carboxylic acids is 2. The van der Waals surface area contributed by atoms with Gasteiger partial charge in [-0.15, -0.1) is 10.2 Å². The minimum atomic E-state index is -1.19. The van der Waals surface area contributed by atoms with Crippen LogP contribution in [0.2, 0.25) is 10.3 Å². The first-order valence-corrected chi connectivity index (χ1v) is 5.63. The third-order valence-electron chi connectivity index (χ3n) is 2.09. The van der Waals surface area contributed by atoms with Crippen molar-refractivity contribution in [1.29, 1.82) is 0 Å². The second-order valence-electron chi connectivity index (χ2n) is 3.94. The summed E-state index contributed by atoms with van der Waals surface area (Å²) >= 11 is 11.3. The van der Waals surface area contributed by atoms with Crippen molar-refractivity contribution in [3.05, 3.63) is 21.9 Å². The van der Waals surface area contributed by atoms with Crippen LogP contribution in [0.3, 0.4) is 0 Å². The van der Waals surface area contributed by atoms with Crippen LogP contribution < -0.4 is 5.32 Å². The fraction of sp³-hybridized carbons (Fsp3) is 0.400. The van der Waals surface area contributed by atoms with E-state index in [1.165, 1.54) is 27.0 Å². The monoisotopic (exact) mass is 291 g/mol. The van der Waals surface area contributed by atoms with E-state index in [0.717, 1.165) is 0 Å². The van der Waals surface area contributed by atoms with Crippen LogP contribution >= 0.6 is 23.2 Å². The summed E-state index contributed by atoms with van der Waals surface area (Å²) in [6.07, 6.45) is 0. The quantitative estimate of drug-likeness (QED) is 0.853. The lowest BCUT2D eigenvalue weighted by Crippen LogP contribution is -2.50. The molecular weight excluding hydrogens is 281 g/mol. The Hall–Kier alpha value is -1.40. The van der Waals surface area contributed by atoms with Gasteiger partial charge in [-0.05, 0) is 19.9 Å². The number of amides is 1. The highest BCUT2D eigenvalue weighted by Crippen LogP contribution is 2.16. The van der Waals surface area contributed by atoms with Crippen molar-refractivity contribution < 1.29 is 14.3 Å². The predicted octanol–water partition coefficient (Wildman–Crippen LogP) is 1.46. The zero-order valence-electron chi connectivity index (χ0n) is 9.95. The predicted molar refractivity (Wildman–Crippen MR) is 65.6 cm³/mol. The van der Waals surface area contributed by atoms with E-state index in [1.807, 2.05) is 0 Å². The molecule has 0 atom stereocenters. The molecule has 0 aliphatic heterocycles. The van der Waals surface area contributed by atoms with E-state index >= 15 is 0 Å². The maximum absolute atomic E-state index is 11.9. The topological polar surface area (TPSA) is 81.2 Å². The molecule has 0 fully saturated rings. The summed E-state index contributed by atoms with van der Waals surface area (Å²) < 4.78 is 4.57. The molecule has 0 radical (unpaired) electrons. The van der Waals surface area contributed by atoms with E-state index in [4.69, 9.17) is 23.2 Å². The average Bonchev–Trinajstić information content (AvgIpc) is 2.30.